The van der Waals surface area contributed by atoms with Gasteiger partial charge in [-0.3, -0.25) is 0 Å². The Morgan fingerprint density at radius 2 is 2.19 bits per heavy atom. The molecule has 1 saturated carbocycles. The van der Waals surface area contributed by atoms with Crippen LogP contribution in [0, 0.1) is 11.8 Å². The Balaban J connectivity index is 1.77. The Kier molecular flexibility index (Phi) is 4.20. The minimum Gasteiger partial charge on any atom is -0.388 e. The van der Waals surface area contributed by atoms with Crippen molar-refractivity contribution in [3.8, 4) is 0 Å². The van der Waals surface area contributed by atoms with Gasteiger partial charge in [-0.15, -0.1) is 0 Å². The Labute approximate surface area is 104 Å². The van der Waals surface area contributed by atoms with Crippen molar-refractivity contribution >= 4 is 11.8 Å². The van der Waals surface area contributed by atoms with E-state index >= 15 is 0 Å². The third-order valence-corrected chi connectivity index (χ3v) is 5.44. The molecule has 0 radical (unpaired) electrons. The molecule has 1 aliphatic carbocycles. The fraction of sp³-hybridized carbons (Fsp3) is 1.00. The van der Waals surface area contributed by atoms with Crippen LogP contribution in [0.25, 0.3) is 0 Å². The molecule has 94 valence electrons. The van der Waals surface area contributed by atoms with Gasteiger partial charge in [0.25, 0.3) is 0 Å². The van der Waals surface area contributed by atoms with Gasteiger partial charge in [0.1, 0.15) is 0 Å². The summed E-state index contributed by atoms with van der Waals surface area (Å²) in [6.07, 6.45) is 4.92. The maximum Gasteiger partial charge on any atom is 0.0869 e. The molecule has 0 bridgehead atoms. The molecule has 16 heavy (non-hydrogen) atoms. The molecule has 1 heterocycles. The lowest BCUT2D eigenvalue weighted by Crippen LogP contribution is -2.48. The number of hydrogen-bond donors (Lipinski definition) is 2. The van der Waals surface area contributed by atoms with Crippen LogP contribution in [0.5, 0.6) is 0 Å². The van der Waals surface area contributed by atoms with Crippen molar-refractivity contribution in [1.82, 2.24) is 5.32 Å². The molecule has 1 saturated heterocycles. The predicted molar refractivity (Wildman–Crippen MR) is 70.9 cm³/mol. The first-order valence-electron chi connectivity index (χ1n) is 6.62. The van der Waals surface area contributed by atoms with Crippen molar-refractivity contribution in [3.63, 3.8) is 0 Å². The van der Waals surface area contributed by atoms with E-state index in [0.717, 1.165) is 36.3 Å². The molecule has 2 aliphatic rings. The van der Waals surface area contributed by atoms with Crippen molar-refractivity contribution in [1.29, 1.82) is 0 Å². The van der Waals surface area contributed by atoms with E-state index in [2.05, 4.69) is 19.2 Å². The fourth-order valence-corrected chi connectivity index (χ4v) is 4.32. The number of hydrogen-bond acceptors (Lipinski definition) is 3. The van der Waals surface area contributed by atoms with Crippen molar-refractivity contribution < 1.29 is 5.11 Å². The lowest BCUT2D eigenvalue weighted by atomic mass is 9.79. The van der Waals surface area contributed by atoms with E-state index in [1.807, 2.05) is 11.8 Å². The maximum absolute atomic E-state index is 10.3. The normalized spacial score (nSPS) is 44.8. The van der Waals surface area contributed by atoms with Crippen molar-refractivity contribution in [2.75, 3.05) is 18.1 Å². The predicted octanol–water partition coefficient (Wildman–Crippen LogP) is 2.27. The quantitative estimate of drug-likeness (QED) is 0.797. The second-order valence-electron chi connectivity index (χ2n) is 5.91. The van der Waals surface area contributed by atoms with Crippen LogP contribution in [0.1, 0.15) is 39.5 Å². The average molecular weight is 243 g/mol. The minimum absolute atomic E-state index is 0.423. The zero-order valence-electron chi connectivity index (χ0n) is 10.5. The molecule has 4 atom stereocenters. The Bertz CT molecular complexity index is 228. The van der Waals surface area contributed by atoms with Gasteiger partial charge in [0, 0.05) is 18.3 Å². The Morgan fingerprint density at radius 1 is 1.38 bits per heavy atom. The van der Waals surface area contributed by atoms with Gasteiger partial charge in [-0.25, -0.2) is 0 Å². The van der Waals surface area contributed by atoms with Crippen molar-refractivity contribution in [2.45, 2.75) is 51.2 Å². The topological polar surface area (TPSA) is 32.3 Å². The second kappa shape index (κ2) is 5.28. The molecule has 0 amide bonds. The van der Waals surface area contributed by atoms with Crippen molar-refractivity contribution in [3.05, 3.63) is 0 Å². The highest BCUT2D eigenvalue weighted by Crippen LogP contribution is 2.30. The first-order chi connectivity index (χ1) is 7.59. The molecule has 2 fully saturated rings. The SMILES string of the molecule is C[C@@H]1CC[C@H](NC[C@]2(O)CCSC2)[C@@H](C)C1. The van der Waals surface area contributed by atoms with E-state index in [4.69, 9.17) is 0 Å². The molecule has 3 heteroatoms. The largest absolute Gasteiger partial charge is 0.388 e. The summed E-state index contributed by atoms with van der Waals surface area (Å²) in [5.41, 5.74) is -0.423. The van der Waals surface area contributed by atoms with Crippen LogP contribution in [-0.2, 0) is 0 Å². The molecule has 0 aromatic heterocycles. The molecule has 0 aromatic carbocycles. The van der Waals surface area contributed by atoms with Crippen LogP contribution in [0.15, 0.2) is 0 Å². The van der Waals surface area contributed by atoms with E-state index in [-0.39, 0.29) is 0 Å². The van der Waals surface area contributed by atoms with Gasteiger partial charge >= 0.3 is 0 Å². The second-order valence-corrected chi connectivity index (χ2v) is 7.02. The van der Waals surface area contributed by atoms with Gasteiger partial charge in [-0.05, 0) is 43.3 Å². The summed E-state index contributed by atoms with van der Waals surface area (Å²) in [5, 5.41) is 13.9. The summed E-state index contributed by atoms with van der Waals surface area (Å²) >= 11 is 1.88. The van der Waals surface area contributed by atoms with E-state index in [0.29, 0.717) is 6.04 Å². The zero-order valence-corrected chi connectivity index (χ0v) is 11.4. The van der Waals surface area contributed by atoms with Crippen LogP contribution < -0.4 is 5.32 Å². The molecule has 0 spiro atoms. The lowest BCUT2D eigenvalue weighted by molar-refractivity contribution is 0.0585. The standard InChI is InChI=1S/C13H25NOS/c1-10-3-4-12(11(2)7-10)14-8-13(15)5-6-16-9-13/h10-12,14-15H,3-9H2,1-2H3/t10-,11+,12+,13-/m1/s1. The summed E-state index contributed by atoms with van der Waals surface area (Å²) in [7, 11) is 0. The summed E-state index contributed by atoms with van der Waals surface area (Å²) in [5.74, 6) is 3.69. The third kappa shape index (κ3) is 3.14. The van der Waals surface area contributed by atoms with Crippen LogP contribution in [-0.4, -0.2) is 34.8 Å². The highest BCUT2D eigenvalue weighted by atomic mass is 32.2. The van der Waals surface area contributed by atoms with E-state index in [1.165, 1.54) is 19.3 Å². The van der Waals surface area contributed by atoms with Gasteiger partial charge in [0.2, 0.25) is 0 Å². The Hall–Kier alpha value is 0.270. The number of nitrogens with one attached hydrogen (secondary N) is 1. The number of aliphatic hydroxyl groups is 1. The maximum atomic E-state index is 10.3. The molecule has 2 rings (SSSR count). The number of thioether (sulfide) groups is 1. The monoisotopic (exact) mass is 243 g/mol. The molecular formula is C13H25NOS. The van der Waals surface area contributed by atoms with Gasteiger partial charge in [0.05, 0.1) is 5.60 Å². The summed E-state index contributed by atoms with van der Waals surface area (Å²) in [6, 6.07) is 0.630. The van der Waals surface area contributed by atoms with E-state index < -0.39 is 5.60 Å². The Morgan fingerprint density at radius 3 is 2.81 bits per heavy atom. The smallest absolute Gasteiger partial charge is 0.0869 e. The van der Waals surface area contributed by atoms with Crippen LogP contribution in [0.3, 0.4) is 0 Å². The summed E-state index contributed by atoms with van der Waals surface area (Å²) in [6.45, 7) is 5.50. The lowest BCUT2D eigenvalue weighted by Gasteiger charge is -2.35. The van der Waals surface area contributed by atoms with E-state index in [1.54, 1.807) is 0 Å². The summed E-state index contributed by atoms with van der Waals surface area (Å²) < 4.78 is 0. The van der Waals surface area contributed by atoms with Crippen LogP contribution in [0.4, 0.5) is 0 Å². The molecule has 0 unspecified atom stereocenters. The van der Waals surface area contributed by atoms with Gasteiger partial charge in [0.15, 0.2) is 0 Å². The molecule has 1 aliphatic heterocycles. The number of rotatable bonds is 3. The van der Waals surface area contributed by atoms with E-state index in [9.17, 15) is 5.11 Å². The molecular weight excluding hydrogens is 218 g/mol. The first-order valence-corrected chi connectivity index (χ1v) is 7.78. The van der Waals surface area contributed by atoms with Crippen LogP contribution >= 0.6 is 11.8 Å². The van der Waals surface area contributed by atoms with Gasteiger partial charge in [-0.2, -0.15) is 11.8 Å². The molecule has 2 nitrogen and oxygen atoms in total. The molecule has 0 aromatic rings. The average Bonchev–Trinajstić information content (AvgIpc) is 2.64. The van der Waals surface area contributed by atoms with Gasteiger partial charge < -0.3 is 10.4 Å². The molecule has 2 N–H and O–H groups in total. The fourth-order valence-electron chi connectivity index (χ4n) is 3.03. The third-order valence-electron chi connectivity index (χ3n) is 4.21. The minimum atomic E-state index is -0.423. The van der Waals surface area contributed by atoms with Crippen molar-refractivity contribution in [2.24, 2.45) is 11.8 Å². The van der Waals surface area contributed by atoms with Gasteiger partial charge in [-0.1, -0.05) is 13.8 Å². The van der Waals surface area contributed by atoms with Crippen LogP contribution in [0.2, 0.25) is 0 Å². The highest BCUT2D eigenvalue weighted by molar-refractivity contribution is 7.99. The highest BCUT2D eigenvalue weighted by Gasteiger charge is 2.33. The first kappa shape index (κ1) is 12.7. The zero-order chi connectivity index (χ0) is 11.6. The summed E-state index contributed by atoms with van der Waals surface area (Å²) in [4.78, 5) is 0.